The smallest absolute Gasteiger partial charge is 0.255 e. The molecule has 0 aliphatic carbocycles. The van der Waals surface area contributed by atoms with Gasteiger partial charge in [-0.25, -0.2) is 0 Å². The van der Waals surface area contributed by atoms with E-state index in [2.05, 4.69) is 32.7 Å². The molecule has 1 aromatic heterocycles. The van der Waals surface area contributed by atoms with Crippen molar-refractivity contribution in [3.63, 3.8) is 0 Å². The van der Waals surface area contributed by atoms with Crippen LogP contribution < -0.4 is 10.6 Å². The number of aromatic amines is 1. The number of hydrogen-bond acceptors (Lipinski definition) is 4. The van der Waals surface area contributed by atoms with Crippen LogP contribution in [0.15, 0.2) is 79.0 Å². The second kappa shape index (κ2) is 10.7. The summed E-state index contributed by atoms with van der Waals surface area (Å²) in [7, 11) is 0. The zero-order valence-corrected chi connectivity index (χ0v) is 20.0. The number of aromatic hydroxyl groups is 1. The number of H-pyrrole nitrogens is 1. The van der Waals surface area contributed by atoms with Gasteiger partial charge in [-0.15, -0.1) is 0 Å². The minimum absolute atomic E-state index is 0.0195. The summed E-state index contributed by atoms with van der Waals surface area (Å²) < 4.78 is 0. The molecule has 184 valence electrons. The Hall–Kier alpha value is -4.10. The molecule has 7 nitrogen and oxygen atoms in total. The van der Waals surface area contributed by atoms with Gasteiger partial charge in [0, 0.05) is 35.8 Å². The molecule has 1 aliphatic rings. The first kappa shape index (κ1) is 23.6. The van der Waals surface area contributed by atoms with Crippen LogP contribution in [0.5, 0.6) is 5.75 Å². The molecule has 7 heteroatoms. The van der Waals surface area contributed by atoms with E-state index in [0.29, 0.717) is 16.9 Å². The number of aromatic nitrogens is 1. The minimum atomic E-state index is -0.293. The third-order valence-electron chi connectivity index (χ3n) is 6.77. The second-order valence-electron chi connectivity index (χ2n) is 9.34. The molecule has 4 aromatic rings. The summed E-state index contributed by atoms with van der Waals surface area (Å²) in [6.45, 7) is 2.68. The Morgan fingerprint density at radius 3 is 2.64 bits per heavy atom. The molecule has 0 saturated carbocycles. The molecular weight excluding hydrogens is 452 g/mol. The van der Waals surface area contributed by atoms with Crippen LogP contribution in [0.25, 0.3) is 10.9 Å². The van der Waals surface area contributed by atoms with E-state index in [4.69, 9.17) is 0 Å². The van der Waals surface area contributed by atoms with Crippen LogP contribution in [-0.4, -0.2) is 39.9 Å². The van der Waals surface area contributed by atoms with Gasteiger partial charge in [-0.1, -0.05) is 36.4 Å². The number of benzene rings is 3. The number of phenolic OH excluding ortho intramolecular Hbond substituents is 1. The van der Waals surface area contributed by atoms with Gasteiger partial charge >= 0.3 is 0 Å². The quantitative estimate of drug-likeness (QED) is 0.278. The van der Waals surface area contributed by atoms with Crippen LogP contribution in [0.1, 0.15) is 35.2 Å². The molecule has 1 atom stereocenters. The van der Waals surface area contributed by atoms with Crippen LogP contribution in [0.4, 0.5) is 11.4 Å². The van der Waals surface area contributed by atoms with Crippen molar-refractivity contribution in [1.82, 2.24) is 9.88 Å². The second-order valence-corrected chi connectivity index (χ2v) is 9.34. The molecule has 5 rings (SSSR count). The number of hydrogen-bond donors (Lipinski definition) is 4. The largest absolute Gasteiger partial charge is 0.508 e. The van der Waals surface area contributed by atoms with Crippen molar-refractivity contribution >= 4 is 34.1 Å². The number of nitrogens with one attached hydrogen (secondary N) is 3. The zero-order valence-electron chi connectivity index (χ0n) is 20.0. The van der Waals surface area contributed by atoms with E-state index in [1.54, 1.807) is 18.2 Å². The van der Waals surface area contributed by atoms with Crippen LogP contribution in [0.3, 0.4) is 0 Å². The van der Waals surface area contributed by atoms with Crippen LogP contribution in [-0.2, 0) is 11.3 Å². The molecule has 36 heavy (non-hydrogen) atoms. The maximum Gasteiger partial charge on any atom is 0.255 e. The summed E-state index contributed by atoms with van der Waals surface area (Å²) in [5.74, 6) is -0.498. The fraction of sp³-hybridized carbons (Fsp3) is 0.241. The van der Waals surface area contributed by atoms with E-state index in [0.717, 1.165) is 49.8 Å². The highest BCUT2D eigenvalue weighted by Gasteiger charge is 2.24. The van der Waals surface area contributed by atoms with Crippen molar-refractivity contribution in [2.75, 3.05) is 23.7 Å². The summed E-state index contributed by atoms with van der Waals surface area (Å²) in [6, 6.07) is 22.3. The Kier molecular flexibility index (Phi) is 7.00. The average molecular weight is 483 g/mol. The topological polar surface area (TPSA) is 97.5 Å². The number of amides is 2. The van der Waals surface area contributed by atoms with E-state index < -0.39 is 0 Å². The Morgan fingerprint density at radius 1 is 0.917 bits per heavy atom. The van der Waals surface area contributed by atoms with Gasteiger partial charge in [0.05, 0.1) is 11.4 Å². The number of carbonyl (C=O) groups excluding carboxylic acids is 2. The number of carbonyl (C=O) groups is 2. The molecular formula is C29H30N4O3. The third kappa shape index (κ3) is 5.58. The van der Waals surface area contributed by atoms with Crippen molar-refractivity contribution in [2.45, 2.75) is 25.8 Å². The van der Waals surface area contributed by atoms with Gasteiger partial charge in [0.25, 0.3) is 5.91 Å². The SMILES string of the molecule is O=C(Nc1ccc(O)cc1NC(=O)C1CCCN(Cc2ccccc2)CC1)c1ccc2cc[nH]c2c1. The monoisotopic (exact) mass is 482 g/mol. The van der Waals surface area contributed by atoms with E-state index in [9.17, 15) is 14.7 Å². The predicted octanol–water partition coefficient (Wildman–Crippen LogP) is 5.37. The highest BCUT2D eigenvalue weighted by molar-refractivity contribution is 6.08. The summed E-state index contributed by atoms with van der Waals surface area (Å²) in [5.41, 5.74) is 3.47. The molecule has 2 heterocycles. The molecule has 1 aliphatic heterocycles. The zero-order chi connectivity index (χ0) is 24.9. The molecule has 1 fully saturated rings. The maximum atomic E-state index is 13.2. The van der Waals surface area contributed by atoms with Gasteiger partial charge in [-0.05, 0) is 73.6 Å². The number of likely N-dealkylation sites (tertiary alicyclic amines) is 1. The highest BCUT2D eigenvalue weighted by atomic mass is 16.3. The Labute approximate surface area is 210 Å². The van der Waals surface area contributed by atoms with Crippen LogP contribution in [0, 0.1) is 5.92 Å². The number of anilines is 2. The summed E-state index contributed by atoms with van der Waals surface area (Å²) in [5, 5.41) is 16.9. The summed E-state index contributed by atoms with van der Waals surface area (Å²) in [4.78, 5) is 31.6. The summed E-state index contributed by atoms with van der Waals surface area (Å²) >= 11 is 0. The fourth-order valence-electron chi connectivity index (χ4n) is 4.78. The van der Waals surface area contributed by atoms with Crippen molar-refractivity contribution < 1.29 is 14.7 Å². The Balaban J connectivity index is 1.24. The lowest BCUT2D eigenvalue weighted by Crippen LogP contribution is -2.27. The lowest BCUT2D eigenvalue weighted by atomic mass is 9.99. The van der Waals surface area contributed by atoms with E-state index in [1.165, 1.54) is 17.7 Å². The lowest BCUT2D eigenvalue weighted by molar-refractivity contribution is -0.120. The normalized spacial score (nSPS) is 16.4. The Morgan fingerprint density at radius 2 is 1.78 bits per heavy atom. The van der Waals surface area contributed by atoms with E-state index >= 15 is 0 Å². The molecule has 3 aromatic carbocycles. The van der Waals surface area contributed by atoms with Crippen molar-refractivity contribution in [3.05, 3.63) is 90.1 Å². The first-order chi connectivity index (χ1) is 17.5. The number of rotatable bonds is 6. The van der Waals surface area contributed by atoms with Crippen molar-refractivity contribution in [3.8, 4) is 5.75 Å². The van der Waals surface area contributed by atoms with Crippen molar-refractivity contribution in [2.24, 2.45) is 5.92 Å². The predicted molar refractivity (Wildman–Crippen MR) is 142 cm³/mol. The molecule has 4 N–H and O–H groups in total. The molecule has 0 radical (unpaired) electrons. The van der Waals surface area contributed by atoms with Gasteiger partial charge < -0.3 is 20.7 Å². The van der Waals surface area contributed by atoms with Gasteiger partial charge in [-0.2, -0.15) is 0 Å². The fourth-order valence-corrected chi connectivity index (χ4v) is 4.78. The minimum Gasteiger partial charge on any atom is -0.508 e. The van der Waals surface area contributed by atoms with Gasteiger partial charge in [0.2, 0.25) is 5.91 Å². The third-order valence-corrected chi connectivity index (χ3v) is 6.77. The lowest BCUT2D eigenvalue weighted by Gasteiger charge is -2.20. The first-order valence-electron chi connectivity index (χ1n) is 12.3. The standard InChI is InChI=1S/C29H30N4O3/c34-24-10-11-25(31-29(36)23-9-8-21-12-14-30-26(21)17-23)27(18-24)32-28(35)22-7-4-15-33(16-13-22)19-20-5-2-1-3-6-20/h1-3,5-6,8-12,14,17-18,22,30,34H,4,7,13,15-16,19H2,(H,31,36)(H,32,35). The van der Waals surface area contributed by atoms with Gasteiger partial charge in [-0.3, -0.25) is 14.5 Å². The van der Waals surface area contributed by atoms with Crippen molar-refractivity contribution in [1.29, 1.82) is 0 Å². The molecule has 2 amide bonds. The van der Waals surface area contributed by atoms with Gasteiger partial charge in [0.15, 0.2) is 0 Å². The first-order valence-corrected chi connectivity index (χ1v) is 12.3. The van der Waals surface area contributed by atoms with Gasteiger partial charge in [0.1, 0.15) is 5.75 Å². The van der Waals surface area contributed by atoms with Crippen LogP contribution in [0.2, 0.25) is 0 Å². The number of fused-ring (bicyclic) bond motifs is 1. The number of nitrogens with zero attached hydrogens (tertiary/aromatic N) is 1. The maximum absolute atomic E-state index is 13.2. The van der Waals surface area contributed by atoms with Crippen LogP contribution >= 0.6 is 0 Å². The highest BCUT2D eigenvalue weighted by Crippen LogP contribution is 2.29. The Bertz CT molecular complexity index is 1370. The van der Waals surface area contributed by atoms with E-state index in [-0.39, 0.29) is 23.5 Å². The summed E-state index contributed by atoms with van der Waals surface area (Å²) in [6.07, 6.45) is 4.33. The molecule has 0 bridgehead atoms. The molecule has 1 saturated heterocycles. The number of phenols is 1. The molecule has 0 spiro atoms. The molecule has 1 unspecified atom stereocenters. The average Bonchev–Trinajstić information content (AvgIpc) is 3.23. The van der Waals surface area contributed by atoms with E-state index in [1.807, 2.05) is 36.5 Å².